The number of imidazole rings is 1. The van der Waals surface area contributed by atoms with Crippen molar-refractivity contribution in [1.29, 1.82) is 0 Å². The fourth-order valence-electron chi connectivity index (χ4n) is 3.41. The fourth-order valence-corrected chi connectivity index (χ4v) is 3.41. The smallest absolute Gasteiger partial charge is 0.269 e. The molecule has 0 fully saturated rings. The Kier molecular flexibility index (Phi) is 8.56. The number of hydrogen-bond acceptors (Lipinski definition) is 5. The highest BCUT2D eigenvalue weighted by atomic mass is 16.6. The molecule has 0 unspecified atom stereocenters. The van der Waals surface area contributed by atoms with Gasteiger partial charge in [-0.2, -0.15) is 0 Å². The van der Waals surface area contributed by atoms with E-state index >= 15 is 0 Å². The number of aliphatic imine (C=N–C) groups is 1. The Hall–Kier alpha value is -3.46. The van der Waals surface area contributed by atoms with E-state index in [2.05, 4.69) is 31.2 Å². The van der Waals surface area contributed by atoms with Crippen LogP contribution in [-0.2, 0) is 17.8 Å². The van der Waals surface area contributed by atoms with Crippen molar-refractivity contribution < 1.29 is 9.66 Å². The van der Waals surface area contributed by atoms with Crippen LogP contribution in [0.2, 0.25) is 0 Å². The number of rotatable bonds is 11. The molecule has 0 saturated heterocycles. The molecule has 0 bridgehead atoms. The van der Waals surface area contributed by atoms with E-state index < -0.39 is 4.92 Å². The van der Waals surface area contributed by atoms with Crippen LogP contribution < -0.4 is 10.6 Å². The summed E-state index contributed by atoms with van der Waals surface area (Å²) in [7, 11) is 1.68. The largest absolute Gasteiger partial charge is 0.385 e. The Balaban J connectivity index is 1.56. The molecule has 0 radical (unpaired) electrons. The summed E-state index contributed by atoms with van der Waals surface area (Å²) in [4.78, 5) is 19.7. The third-order valence-corrected chi connectivity index (χ3v) is 5.08. The van der Waals surface area contributed by atoms with Crippen LogP contribution in [0.4, 0.5) is 5.69 Å². The number of non-ortho nitro benzene ring substituents is 1. The first-order valence-corrected chi connectivity index (χ1v) is 10.7. The van der Waals surface area contributed by atoms with Gasteiger partial charge in [0.15, 0.2) is 5.96 Å². The number of aromatic nitrogens is 2. The minimum atomic E-state index is -0.400. The number of benzene rings is 2. The third-order valence-electron chi connectivity index (χ3n) is 5.08. The molecule has 2 N–H and O–H groups in total. The predicted octanol–water partition coefficient (Wildman–Crippen LogP) is 3.41. The van der Waals surface area contributed by atoms with Gasteiger partial charge in [0.05, 0.1) is 22.5 Å². The second-order valence-electron chi connectivity index (χ2n) is 7.44. The van der Waals surface area contributed by atoms with E-state index in [9.17, 15) is 10.1 Å². The maximum atomic E-state index is 10.8. The summed E-state index contributed by atoms with van der Waals surface area (Å²) in [5, 5.41) is 17.5. The van der Waals surface area contributed by atoms with Gasteiger partial charge in [-0.1, -0.05) is 24.3 Å². The lowest BCUT2D eigenvalue weighted by atomic mass is 10.2. The molecule has 0 spiro atoms. The van der Waals surface area contributed by atoms with E-state index in [0.717, 1.165) is 54.9 Å². The minimum Gasteiger partial charge on any atom is -0.385 e. The monoisotopic (exact) mass is 438 g/mol. The number of fused-ring (bicyclic) bond motifs is 1. The van der Waals surface area contributed by atoms with Crippen molar-refractivity contribution >= 4 is 22.7 Å². The van der Waals surface area contributed by atoms with Crippen LogP contribution in [0.25, 0.3) is 11.0 Å². The van der Waals surface area contributed by atoms with Gasteiger partial charge in [0.2, 0.25) is 0 Å². The van der Waals surface area contributed by atoms with Crippen molar-refractivity contribution in [3.8, 4) is 0 Å². The molecule has 0 saturated carbocycles. The maximum Gasteiger partial charge on any atom is 0.269 e. The highest BCUT2D eigenvalue weighted by molar-refractivity contribution is 5.79. The zero-order valence-electron chi connectivity index (χ0n) is 18.6. The van der Waals surface area contributed by atoms with Crippen LogP contribution in [-0.4, -0.2) is 47.2 Å². The molecule has 170 valence electrons. The Morgan fingerprint density at radius 3 is 2.56 bits per heavy atom. The summed E-state index contributed by atoms with van der Waals surface area (Å²) in [6.07, 6.45) is 1.78. The van der Waals surface area contributed by atoms with Gasteiger partial charge in [0.1, 0.15) is 5.82 Å². The number of guanidine groups is 1. The number of ether oxygens (including phenoxy) is 1. The molecule has 0 aliphatic rings. The second-order valence-corrected chi connectivity index (χ2v) is 7.44. The van der Waals surface area contributed by atoms with Crippen LogP contribution in [0.3, 0.4) is 0 Å². The van der Waals surface area contributed by atoms with Crippen molar-refractivity contribution in [3.63, 3.8) is 0 Å². The molecule has 1 aromatic heterocycles. The van der Waals surface area contributed by atoms with Gasteiger partial charge in [-0.3, -0.25) is 10.1 Å². The van der Waals surface area contributed by atoms with Crippen molar-refractivity contribution in [3.05, 3.63) is 70.0 Å². The van der Waals surface area contributed by atoms with E-state index in [-0.39, 0.29) is 5.69 Å². The third kappa shape index (κ3) is 6.52. The Bertz CT molecular complexity index is 1050. The quantitative estimate of drug-likeness (QED) is 0.156. The first-order valence-electron chi connectivity index (χ1n) is 10.7. The number of aryl methyl sites for hydroxylation is 2. The molecule has 0 amide bonds. The first kappa shape index (κ1) is 23.2. The lowest BCUT2D eigenvalue weighted by Crippen LogP contribution is -2.39. The predicted molar refractivity (Wildman–Crippen MR) is 126 cm³/mol. The lowest BCUT2D eigenvalue weighted by Gasteiger charge is -2.13. The molecule has 2 aromatic carbocycles. The van der Waals surface area contributed by atoms with Gasteiger partial charge in [0.25, 0.3) is 5.69 Å². The summed E-state index contributed by atoms with van der Waals surface area (Å²) in [5.41, 5.74) is 3.16. The summed E-state index contributed by atoms with van der Waals surface area (Å²) in [5.74, 6) is 1.72. The average Bonchev–Trinajstić information content (AvgIpc) is 3.12. The van der Waals surface area contributed by atoms with Crippen LogP contribution in [0, 0.1) is 17.0 Å². The first-order chi connectivity index (χ1) is 15.6. The Labute approximate surface area is 187 Å². The summed E-state index contributed by atoms with van der Waals surface area (Å²) in [6, 6.07) is 14.6. The van der Waals surface area contributed by atoms with Crippen molar-refractivity contribution in [2.24, 2.45) is 4.99 Å². The van der Waals surface area contributed by atoms with E-state index in [4.69, 9.17) is 4.74 Å². The van der Waals surface area contributed by atoms with Gasteiger partial charge in [-0.15, -0.1) is 0 Å². The van der Waals surface area contributed by atoms with Gasteiger partial charge in [-0.05, 0) is 37.5 Å². The van der Waals surface area contributed by atoms with Crippen LogP contribution in [0.15, 0.2) is 53.5 Å². The molecular weight excluding hydrogens is 408 g/mol. The number of para-hydroxylation sites is 2. The van der Waals surface area contributed by atoms with Crippen LogP contribution in [0.1, 0.15) is 24.2 Å². The van der Waals surface area contributed by atoms with Gasteiger partial charge < -0.3 is 19.9 Å². The number of hydrogen-bond donors (Lipinski definition) is 2. The highest BCUT2D eigenvalue weighted by Gasteiger charge is 2.07. The maximum absolute atomic E-state index is 10.8. The van der Waals surface area contributed by atoms with Crippen molar-refractivity contribution in [2.75, 3.05) is 26.8 Å². The molecule has 1 heterocycles. The summed E-state index contributed by atoms with van der Waals surface area (Å²) in [6.45, 7) is 5.49. The van der Waals surface area contributed by atoms with E-state index in [0.29, 0.717) is 19.1 Å². The zero-order chi connectivity index (χ0) is 22.8. The Morgan fingerprint density at radius 2 is 1.84 bits per heavy atom. The van der Waals surface area contributed by atoms with Crippen molar-refractivity contribution in [1.82, 2.24) is 20.2 Å². The standard InChI is InChI=1S/C23H30N6O3/c1-18-27-21-7-3-4-8-22(21)28(18)15-5-13-24-23(25-14-6-16-32-2)26-17-19-9-11-20(12-10-19)29(30)31/h3-4,7-12H,5-6,13-17H2,1-2H3,(H2,24,25,26). The molecule has 0 aliphatic carbocycles. The second kappa shape index (κ2) is 11.8. The van der Waals surface area contributed by atoms with Gasteiger partial charge >= 0.3 is 0 Å². The Morgan fingerprint density at radius 1 is 1.12 bits per heavy atom. The number of nitrogens with one attached hydrogen (secondary N) is 2. The molecular formula is C23H30N6O3. The minimum absolute atomic E-state index is 0.0797. The van der Waals surface area contributed by atoms with Crippen molar-refractivity contribution in [2.45, 2.75) is 32.9 Å². The number of nitrogens with zero attached hydrogens (tertiary/aromatic N) is 4. The van der Waals surface area contributed by atoms with E-state index in [1.54, 1.807) is 19.2 Å². The molecule has 9 heteroatoms. The molecule has 9 nitrogen and oxygen atoms in total. The molecule has 0 atom stereocenters. The van der Waals surface area contributed by atoms with Gasteiger partial charge in [-0.25, -0.2) is 9.98 Å². The van der Waals surface area contributed by atoms with Crippen LogP contribution >= 0.6 is 0 Å². The fraction of sp³-hybridized carbons (Fsp3) is 0.391. The van der Waals surface area contributed by atoms with E-state index in [1.807, 2.05) is 25.1 Å². The summed E-state index contributed by atoms with van der Waals surface area (Å²) >= 11 is 0. The number of nitro groups is 1. The summed E-state index contributed by atoms with van der Waals surface area (Å²) < 4.78 is 7.34. The SMILES string of the molecule is COCCCNC(=NCc1ccc([N+](=O)[O-])cc1)NCCCn1c(C)nc2ccccc21. The van der Waals surface area contributed by atoms with Gasteiger partial charge in [0, 0.05) is 45.5 Å². The molecule has 3 aromatic rings. The lowest BCUT2D eigenvalue weighted by molar-refractivity contribution is -0.384. The van der Waals surface area contributed by atoms with Crippen LogP contribution in [0.5, 0.6) is 0 Å². The topological polar surface area (TPSA) is 107 Å². The molecule has 0 aliphatic heterocycles. The van der Waals surface area contributed by atoms with E-state index in [1.165, 1.54) is 12.1 Å². The highest BCUT2D eigenvalue weighted by Crippen LogP contribution is 2.15. The molecule has 3 rings (SSSR count). The number of nitro benzene ring substituents is 1. The average molecular weight is 439 g/mol. The zero-order valence-corrected chi connectivity index (χ0v) is 18.6. The number of methoxy groups -OCH3 is 1. The normalized spacial score (nSPS) is 11.6. The molecule has 32 heavy (non-hydrogen) atoms.